The minimum absolute atomic E-state index is 0. The molecule has 0 aromatic heterocycles. The number of piperidine rings is 1. The van der Waals surface area contributed by atoms with Gasteiger partial charge in [0.05, 0.1) is 5.41 Å². The first kappa shape index (κ1) is 16.6. The molecule has 2 aliphatic rings. The molecule has 3 rings (SSSR count). The fourth-order valence-corrected chi connectivity index (χ4v) is 3.16. The summed E-state index contributed by atoms with van der Waals surface area (Å²) in [6, 6.07) is 7.96. The van der Waals surface area contributed by atoms with Gasteiger partial charge in [0, 0.05) is 17.6 Å². The van der Waals surface area contributed by atoms with Crippen LogP contribution in [0.2, 0.25) is 5.02 Å². The summed E-state index contributed by atoms with van der Waals surface area (Å²) in [6.07, 6.45) is 3.00. The zero-order chi connectivity index (χ0) is 14.2. The molecule has 2 atom stereocenters. The van der Waals surface area contributed by atoms with Crippen LogP contribution in [0.15, 0.2) is 24.3 Å². The first-order chi connectivity index (χ1) is 9.62. The fraction of sp³-hybridized carbons (Fsp3) is 0.562. The second-order valence-electron chi connectivity index (χ2n) is 6.14. The highest BCUT2D eigenvalue weighted by molar-refractivity contribution is 6.30. The van der Waals surface area contributed by atoms with Gasteiger partial charge >= 0.3 is 0 Å². The summed E-state index contributed by atoms with van der Waals surface area (Å²) in [5.41, 5.74) is 0.790. The number of benzene rings is 1. The van der Waals surface area contributed by atoms with Gasteiger partial charge in [0.15, 0.2) is 0 Å². The van der Waals surface area contributed by atoms with E-state index in [1.807, 2.05) is 24.3 Å². The van der Waals surface area contributed by atoms with Crippen LogP contribution in [0.4, 0.5) is 0 Å². The van der Waals surface area contributed by atoms with Gasteiger partial charge in [0.25, 0.3) is 0 Å². The summed E-state index contributed by atoms with van der Waals surface area (Å²) in [5.74, 6) is 0.724. The minimum Gasteiger partial charge on any atom is -0.351 e. The highest BCUT2D eigenvalue weighted by atomic mass is 35.5. The van der Waals surface area contributed by atoms with Crippen LogP contribution in [0.5, 0.6) is 0 Å². The Morgan fingerprint density at radius 1 is 1.33 bits per heavy atom. The first-order valence-corrected chi connectivity index (χ1v) is 7.77. The summed E-state index contributed by atoms with van der Waals surface area (Å²) in [4.78, 5) is 12.7. The molecule has 3 nitrogen and oxygen atoms in total. The number of nitrogens with one attached hydrogen (secondary N) is 2. The molecule has 1 saturated carbocycles. The van der Waals surface area contributed by atoms with Gasteiger partial charge in [-0.05, 0) is 49.4 Å². The van der Waals surface area contributed by atoms with Crippen molar-refractivity contribution in [3.05, 3.63) is 34.9 Å². The summed E-state index contributed by atoms with van der Waals surface area (Å²) in [7, 11) is 0. The van der Waals surface area contributed by atoms with Crippen molar-refractivity contribution in [2.75, 3.05) is 13.1 Å². The van der Waals surface area contributed by atoms with Gasteiger partial charge in [-0.25, -0.2) is 0 Å². The van der Waals surface area contributed by atoms with Crippen molar-refractivity contribution in [2.45, 2.75) is 37.6 Å². The zero-order valence-corrected chi connectivity index (χ0v) is 13.8. The number of hydrogen-bond acceptors (Lipinski definition) is 2. The number of carbonyl (C=O) groups is 1. The molecule has 0 spiro atoms. The van der Waals surface area contributed by atoms with Crippen LogP contribution in [-0.4, -0.2) is 25.0 Å². The van der Waals surface area contributed by atoms with Crippen LogP contribution in [0.1, 0.15) is 31.7 Å². The van der Waals surface area contributed by atoms with Crippen LogP contribution < -0.4 is 10.6 Å². The predicted molar refractivity (Wildman–Crippen MR) is 88.2 cm³/mol. The maximum Gasteiger partial charge on any atom is 0.230 e. The lowest BCUT2D eigenvalue weighted by molar-refractivity contribution is -0.124. The van der Waals surface area contributed by atoms with Crippen molar-refractivity contribution in [1.82, 2.24) is 10.6 Å². The molecule has 1 saturated heterocycles. The summed E-state index contributed by atoms with van der Waals surface area (Å²) in [5, 5.41) is 7.33. The highest BCUT2D eigenvalue weighted by Gasteiger charge is 2.51. The quantitative estimate of drug-likeness (QED) is 0.895. The second kappa shape index (κ2) is 6.55. The van der Waals surface area contributed by atoms with E-state index in [-0.39, 0.29) is 29.8 Å². The number of rotatable bonds is 3. The number of halogens is 2. The van der Waals surface area contributed by atoms with Crippen molar-refractivity contribution >= 4 is 29.9 Å². The fourth-order valence-electron chi connectivity index (χ4n) is 3.03. The lowest BCUT2D eigenvalue weighted by Crippen LogP contribution is -2.52. The van der Waals surface area contributed by atoms with Crippen molar-refractivity contribution < 1.29 is 4.79 Å². The monoisotopic (exact) mass is 328 g/mol. The molecule has 1 amide bonds. The SMILES string of the molecule is CC1CCNCC1NC(=O)C1(c2ccc(Cl)cc2)CC1.Cl. The third kappa shape index (κ3) is 3.36. The lowest BCUT2D eigenvalue weighted by Gasteiger charge is -2.31. The average molecular weight is 329 g/mol. The molecule has 0 radical (unpaired) electrons. The summed E-state index contributed by atoms with van der Waals surface area (Å²) in [6.45, 7) is 4.15. The summed E-state index contributed by atoms with van der Waals surface area (Å²) >= 11 is 5.93. The Morgan fingerprint density at radius 3 is 2.57 bits per heavy atom. The normalized spacial score (nSPS) is 26.6. The molecular formula is C16H22Cl2N2O. The Bertz CT molecular complexity index is 500. The maximum atomic E-state index is 12.7. The van der Waals surface area contributed by atoms with Crippen LogP contribution in [0.3, 0.4) is 0 Å². The standard InChI is InChI=1S/C16H21ClN2O.ClH/c1-11-6-9-18-10-14(11)19-15(20)16(7-8-16)12-2-4-13(17)5-3-12;/h2-5,11,14,18H,6-10H2,1H3,(H,19,20);1H. The summed E-state index contributed by atoms with van der Waals surface area (Å²) < 4.78 is 0. The van der Waals surface area contributed by atoms with E-state index in [2.05, 4.69) is 17.6 Å². The van der Waals surface area contributed by atoms with Gasteiger partial charge < -0.3 is 10.6 Å². The van der Waals surface area contributed by atoms with Crippen molar-refractivity contribution in [2.24, 2.45) is 5.92 Å². The van der Waals surface area contributed by atoms with E-state index < -0.39 is 0 Å². The molecule has 1 aliphatic carbocycles. The molecular weight excluding hydrogens is 307 g/mol. The van der Waals surface area contributed by atoms with Crippen molar-refractivity contribution in [3.63, 3.8) is 0 Å². The molecule has 0 bridgehead atoms. The third-order valence-corrected chi connectivity index (χ3v) is 4.98. The molecule has 5 heteroatoms. The van der Waals surface area contributed by atoms with E-state index >= 15 is 0 Å². The second-order valence-corrected chi connectivity index (χ2v) is 6.58. The largest absolute Gasteiger partial charge is 0.351 e. The average Bonchev–Trinajstić information content (AvgIpc) is 3.24. The van der Waals surface area contributed by atoms with Gasteiger partial charge in [-0.3, -0.25) is 4.79 Å². The molecule has 1 heterocycles. The predicted octanol–water partition coefficient (Wildman–Crippen LogP) is 2.91. The van der Waals surface area contributed by atoms with Gasteiger partial charge in [0.2, 0.25) is 5.91 Å². The Kier molecular flexibility index (Phi) is 5.18. The maximum absolute atomic E-state index is 12.7. The van der Waals surface area contributed by atoms with Crippen LogP contribution in [-0.2, 0) is 10.2 Å². The van der Waals surface area contributed by atoms with Gasteiger partial charge in [-0.15, -0.1) is 12.4 Å². The smallest absolute Gasteiger partial charge is 0.230 e. The minimum atomic E-state index is -0.304. The Labute approximate surface area is 137 Å². The van der Waals surface area contributed by atoms with E-state index in [4.69, 9.17) is 11.6 Å². The molecule has 2 unspecified atom stereocenters. The molecule has 1 aliphatic heterocycles. The van der Waals surface area contributed by atoms with Crippen LogP contribution in [0, 0.1) is 5.92 Å². The van der Waals surface area contributed by atoms with Gasteiger partial charge in [-0.1, -0.05) is 30.7 Å². The van der Waals surface area contributed by atoms with Crippen LogP contribution in [0.25, 0.3) is 0 Å². The van der Waals surface area contributed by atoms with E-state index in [0.717, 1.165) is 42.9 Å². The van der Waals surface area contributed by atoms with Gasteiger partial charge in [0.1, 0.15) is 0 Å². The molecule has 21 heavy (non-hydrogen) atoms. The number of amides is 1. The number of hydrogen-bond donors (Lipinski definition) is 2. The number of carbonyl (C=O) groups excluding carboxylic acids is 1. The molecule has 116 valence electrons. The molecule has 1 aromatic rings. The van der Waals surface area contributed by atoms with E-state index in [9.17, 15) is 4.79 Å². The first-order valence-electron chi connectivity index (χ1n) is 7.39. The van der Waals surface area contributed by atoms with E-state index in [0.29, 0.717) is 5.92 Å². The third-order valence-electron chi connectivity index (χ3n) is 4.73. The Balaban J connectivity index is 0.00000161. The molecule has 2 fully saturated rings. The van der Waals surface area contributed by atoms with Crippen molar-refractivity contribution in [1.29, 1.82) is 0 Å². The molecule has 2 N–H and O–H groups in total. The van der Waals surface area contributed by atoms with E-state index in [1.165, 1.54) is 0 Å². The zero-order valence-electron chi connectivity index (χ0n) is 12.2. The van der Waals surface area contributed by atoms with Gasteiger partial charge in [-0.2, -0.15) is 0 Å². The topological polar surface area (TPSA) is 41.1 Å². The van der Waals surface area contributed by atoms with Crippen molar-refractivity contribution in [3.8, 4) is 0 Å². The Hall–Kier alpha value is -0.770. The lowest BCUT2D eigenvalue weighted by atomic mass is 9.91. The Morgan fingerprint density at radius 2 is 2.00 bits per heavy atom. The van der Waals surface area contributed by atoms with E-state index in [1.54, 1.807) is 0 Å². The highest BCUT2D eigenvalue weighted by Crippen LogP contribution is 2.48. The van der Waals surface area contributed by atoms with Crippen LogP contribution >= 0.6 is 24.0 Å². The molecule has 1 aromatic carbocycles.